The van der Waals surface area contributed by atoms with Crippen molar-refractivity contribution in [1.82, 2.24) is 15.3 Å². The van der Waals surface area contributed by atoms with Crippen molar-refractivity contribution >= 4 is 20.5 Å². The van der Waals surface area contributed by atoms with Crippen molar-refractivity contribution in [3.8, 4) is 6.07 Å². The second kappa shape index (κ2) is 19.9. The highest BCUT2D eigenvalue weighted by molar-refractivity contribution is 7.44. The molecule has 0 saturated heterocycles. The van der Waals surface area contributed by atoms with Gasteiger partial charge in [-0.15, -0.1) is 0 Å². The smallest absolute Gasteiger partial charge is 0.407 e. The van der Waals surface area contributed by atoms with Crippen LogP contribution in [0.3, 0.4) is 0 Å². The van der Waals surface area contributed by atoms with E-state index in [0.29, 0.717) is 24.9 Å². The number of rotatable bonds is 19. The highest BCUT2D eigenvalue weighted by Gasteiger charge is 2.59. The number of amides is 2. The van der Waals surface area contributed by atoms with Crippen molar-refractivity contribution < 1.29 is 23.4 Å². The maximum absolute atomic E-state index is 12.9. The number of allylic oxidation sites excluding steroid dienone is 1. The summed E-state index contributed by atoms with van der Waals surface area (Å²) in [5, 5.41) is 14.7. The van der Waals surface area contributed by atoms with Crippen molar-refractivity contribution in [2.24, 2.45) is 46.3 Å². The molecule has 0 heterocycles. The summed E-state index contributed by atoms with van der Waals surface area (Å²) in [5.41, 5.74) is 2.17. The molecule has 0 spiro atoms. The summed E-state index contributed by atoms with van der Waals surface area (Å²) < 4.78 is 20.3. The molecule has 0 radical (unpaired) electrons. The van der Waals surface area contributed by atoms with E-state index in [-0.39, 0.29) is 48.7 Å². The maximum atomic E-state index is 12.9. The van der Waals surface area contributed by atoms with Crippen molar-refractivity contribution in [1.29, 1.82) is 5.26 Å². The Hall–Kier alpha value is -1.72. The van der Waals surface area contributed by atoms with Gasteiger partial charge in [0.15, 0.2) is 0 Å². The molecular formula is C43H75N4O5P. The quantitative estimate of drug-likeness (QED) is 0.0766. The van der Waals surface area contributed by atoms with Crippen LogP contribution in [0.2, 0.25) is 0 Å². The van der Waals surface area contributed by atoms with Crippen LogP contribution in [0, 0.1) is 57.7 Å². The van der Waals surface area contributed by atoms with Crippen LogP contribution < -0.4 is 10.6 Å². The fourth-order valence-electron chi connectivity index (χ4n) is 11.1. The average molecular weight is 759 g/mol. The van der Waals surface area contributed by atoms with Gasteiger partial charge in [-0.05, 0) is 125 Å². The molecule has 2 N–H and O–H groups in total. The largest absolute Gasteiger partial charge is 0.446 e. The van der Waals surface area contributed by atoms with Crippen LogP contribution in [-0.2, 0) is 18.6 Å². The zero-order valence-electron chi connectivity index (χ0n) is 35.0. The van der Waals surface area contributed by atoms with Crippen molar-refractivity contribution in [3.05, 3.63) is 11.6 Å². The standard InChI is InChI=1S/C43H75N4O5P/c1-11-34(28-51-53(50-25-13-24-44)47(30(4)5)31(6)7)46-40(48)27-45-41(49)52-35-20-22-42(9)33(26-35)16-17-36-38-19-18-37(32(8)15-12-14-29(2)3)43(38,10)23-21-39(36)42/h16,29-32,34-39H,11-15,17-23,25-28H2,1-10H3,(H,45,49)(H,46,48)/t32-,34?,35+,36?,37-,38?,39?,42+,43-,53?/m1/s1. The van der Waals surface area contributed by atoms with Crippen LogP contribution in [0.15, 0.2) is 11.6 Å². The van der Waals surface area contributed by atoms with Gasteiger partial charge in [0.1, 0.15) is 12.6 Å². The third-order valence-electron chi connectivity index (χ3n) is 13.8. The first-order chi connectivity index (χ1) is 25.1. The number of hydrogen-bond donors (Lipinski definition) is 2. The van der Waals surface area contributed by atoms with E-state index >= 15 is 0 Å². The van der Waals surface area contributed by atoms with Gasteiger partial charge in [-0.2, -0.15) is 5.26 Å². The number of nitriles is 1. The van der Waals surface area contributed by atoms with Gasteiger partial charge in [-0.25, -0.2) is 9.46 Å². The van der Waals surface area contributed by atoms with E-state index in [1.54, 1.807) is 0 Å². The third-order valence-corrected chi connectivity index (χ3v) is 15.9. The maximum Gasteiger partial charge on any atom is 0.407 e. The minimum atomic E-state index is -1.40. The van der Waals surface area contributed by atoms with Crippen LogP contribution in [0.4, 0.5) is 4.79 Å². The second-order valence-electron chi connectivity index (χ2n) is 18.4. The van der Waals surface area contributed by atoms with E-state index in [4.69, 9.17) is 19.0 Å². The van der Waals surface area contributed by atoms with Crippen LogP contribution in [0.1, 0.15) is 153 Å². The van der Waals surface area contributed by atoms with Crippen LogP contribution in [-0.4, -0.2) is 60.7 Å². The molecule has 4 aliphatic carbocycles. The van der Waals surface area contributed by atoms with Gasteiger partial charge in [0.05, 0.1) is 31.7 Å². The topological polar surface area (TPSA) is 113 Å². The van der Waals surface area contributed by atoms with Crippen molar-refractivity contribution in [2.75, 3.05) is 19.8 Å². The number of fused-ring (bicyclic) bond motifs is 5. The molecule has 0 aliphatic heterocycles. The second-order valence-corrected chi connectivity index (χ2v) is 19.9. The molecule has 3 saturated carbocycles. The van der Waals surface area contributed by atoms with Gasteiger partial charge in [-0.1, -0.05) is 72.5 Å². The summed E-state index contributed by atoms with van der Waals surface area (Å²) in [7, 11) is -1.40. The zero-order chi connectivity index (χ0) is 38.9. The van der Waals surface area contributed by atoms with Crippen molar-refractivity contribution in [3.63, 3.8) is 0 Å². The molecule has 0 aromatic carbocycles. The minimum absolute atomic E-state index is 0.152. The molecule has 4 rings (SSSR count). The van der Waals surface area contributed by atoms with Crippen LogP contribution in [0.25, 0.3) is 0 Å². The number of nitrogens with one attached hydrogen (secondary N) is 2. The van der Waals surface area contributed by atoms with Crippen LogP contribution >= 0.6 is 8.53 Å². The van der Waals surface area contributed by atoms with Crippen molar-refractivity contribution in [2.45, 2.75) is 177 Å². The van der Waals surface area contributed by atoms with Gasteiger partial charge in [0, 0.05) is 18.5 Å². The first-order valence-electron chi connectivity index (χ1n) is 21.3. The summed E-state index contributed by atoms with van der Waals surface area (Å²) in [5.74, 6) is 4.54. The molecule has 0 aromatic rings. The number of alkyl carbamates (subject to hydrolysis) is 1. The molecule has 53 heavy (non-hydrogen) atoms. The predicted molar refractivity (Wildman–Crippen MR) is 215 cm³/mol. The number of ether oxygens (including phenoxy) is 1. The Bertz CT molecular complexity index is 1260. The Labute approximate surface area is 324 Å². The highest BCUT2D eigenvalue weighted by Crippen LogP contribution is 2.67. The number of hydrogen-bond acceptors (Lipinski definition) is 7. The molecule has 2 amide bonds. The van der Waals surface area contributed by atoms with E-state index < -0.39 is 14.6 Å². The Morgan fingerprint density at radius 3 is 2.40 bits per heavy atom. The Balaban J connectivity index is 1.25. The van der Waals surface area contributed by atoms with Gasteiger partial charge < -0.3 is 24.4 Å². The number of carbonyl (C=O) groups excluding carboxylic acids is 2. The fraction of sp³-hybridized carbons (Fsp3) is 0.884. The lowest BCUT2D eigenvalue weighted by molar-refractivity contribution is -0.121. The summed E-state index contributed by atoms with van der Waals surface area (Å²) in [4.78, 5) is 25.8. The molecule has 0 aromatic heterocycles. The fourth-order valence-corrected chi connectivity index (χ4v) is 12.8. The molecule has 3 fully saturated rings. The van der Waals surface area contributed by atoms with Gasteiger partial charge in [0.2, 0.25) is 5.91 Å². The first-order valence-corrected chi connectivity index (χ1v) is 22.4. The Morgan fingerprint density at radius 2 is 1.74 bits per heavy atom. The molecular weight excluding hydrogens is 683 g/mol. The van der Waals surface area contributed by atoms with Gasteiger partial charge in [-0.3, -0.25) is 4.79 Å². The minimum Gasteiger partial charge on any atom is -0.446 e. The van der Waals surface area contributed by atoms with E-state index in [1.807, 2.05) is 6.92 Å². The number of nitrogens with zero attached hydrogens (tertiary/aromatic N) is 2. The molecule has 0 bridgehead atoms. The summed E-state index contributed by atoms with van der Waals surface area (Å²) >= 11 is 0. The highest BCUT2D eigenvalue weighted by atomic mass is 31.2. The Kier molecular flexibility index (Phi) is 16.5. The Morgan fingerprint density at radius 1 is 1.00 bits per heavy atom. The SMILES string of the molecule is CCC(COP(OCCC#N)N(C(C)C)C(C)C)NC(=O)CNC(=O)O[C@H]1CC[C@@]2(C)C(=CCC3C2CC[C@@]2(C)C3CC[C@@H]2[C@H](C)CCCC(C)C)C1. The molecule has 10 heteroatoms. The molecule has 10 atom stereocenters. The normalized spacial score (nSPS) is 31.3. The van der Waals surface area contributed by atoms with Gasteiger partial charge in [0.25, 0.3) is 8.53 Å². The van der Waals surface area contributed by atoms with Crippen LogP contribution in [0.5, 0.6) is 0 Å². The summed E-state index contributed by atoms with van der Waals surface area (Å²) in [6, 6.07) is 2.27. The molecule has 302 valence electrons. The first kappa shape index (κ1) is 44.0. The zero-order valence-corrected chi connectivity index (χ0v) is 35.9. The monoisotopic (exact) mass is 759 g/mol. The lowest BCUT2D eigenvalue weighted by Gasteiger charge is -2.58. The lowest BCUT2D eigenvalue weighted by atomic mass is 9.47. The summed E-state index contributed by atoms with van der Waals surface area (Å²) in [6.07, 6.45) is 16.3. The number of carbonyl (C=O) groups is 2. The average Bonchev–Trinajstić information content (AvgIpc) is 3.46. The van der Waals surface area contributed by atoms with E-state index in [0.717, 1.165) is 54.8 Å². The van der Waals surface area contributed by atoms with E-state index in [1.165, 1.54) is 56.9 Å². The van der Waals surface area contributed by atoms with E-state index in [9.17, 15) is 9.59 Å². The molecule has 5 unspecified atom stereocenters. The molecule has 9 nitrogen and oxygen atoms in total. The molecule has 4 aliphatic rings. The van der Waals surface area contributed by atoms with E-state index in [2.05, 4.69) is 89.8 Å². The van der Waals surface area contributed by atoms with Gasteiger partial charge >= 0.3 is 6.09 Å². The third kappa shape index (κ3) is 11.0. The summed E-state index contributed by atoms with van der Waals surface area (Å²) in [6.45, 7) is 23.2. The lowest BCUT2D eigenvalue weighted by Crippen LogP contribution is -2.51. The predicted octanol–water partition coefficient (Wildman–Crippen LogP) is 10.3.